The van der Waals surface area contributed by atoms with E-state index in [0.717, 1.165) is 17.8 Å². The van der Waals surface area contributed by atoms with Gasteiger partial charge in [0.05, 0.1) is 22.6 Å². The van der Waals surface area contributed by atoms with Crippen LogP contribution in [0.4, 0.5) is 40.2 Å². The van der Waals surface area contributed by atoms with E-state index in [1.165, 1.54) is 31.4 Å². The van der Waals surface area contributed by atoms with Crippen molar-refractivity contribution in [2.24, 2.45) is 0 Å². The second kappa shape index (κ2) is 12.1. The standard InChI is InChI=1S/C27H25N7O6S/c1-4-25(35)29-18-6-5-7-19(14-18)30-26-23(34(36)37)16-28-27(32-26)31-20-10-13-22(24(15-20)40-3)33-41(38,39)21-11-8-17(2)9-12-21/h4-16,33H,1H2,2-3H3,(H,29,35)(H2,28,30,31,32). The number of sulfonamides is 1. The number of ether oxygens (including phenoxy) is 1. The molecule has 3 aromatic carbocycles. The minimum absolute atomic E-state index is 0.0178. The second-order valence-corrected chi connectivity index (χ2v) is 10.2. The van der Waals surface area contributed by atoms with Gasteiger partial charge in [-0.25, -0.2) is 13.4 Å². The summed E-state index contributed by atoms with van der Waals surface area (Å²) in [6, 6.07) is 17.5. The van der Waals surface area contributed by atoms with E-state index in [1.807, 2.05) is 6.92 Å². The van der Waals surface area contributed by atoms with E-state index in [2.05, 4.69) is 37.2 Å². The number of carbonyl (C=O) groups is 1. The predicted molar refractivity (Wildman–Crippen MR) is 156 cm³/mol. The number of anilines is 6. The summed E-state index contributed by atoms with van der Waals surface area (Å²) < 4.78 is 33.6. The highest BCUT2D eigenvalue weighted by Gasteiger charge is 2.20. The fourth-order valence-electron chi connectivity index (χ4n) is 3.57. The van der Waals surface area contributed by atoms with Crippen molar-refractivity contribution in [2.45, 2.75) is 11.8 Å². The summed E-state index contributed by atoms with van der Waals surface area (Å²) in [6.45, 7) is 5.26. The fraction of sp³-hybridized carbons (Fsp3) is 0.0741. The number of carbonyl (C=O) groups excluding carboxylic acids is 1. The summed E-state index contributed by atoms with van der Waals surface area (Å²) >= 11 is 0. The van der Waals surface area contributed by atoms with Gasteiger partial charge in [-0.3, -0.25) is 19.6 Å². The second-order valence-electron chi connectivity index (χ2n) is 8.54. The topological polar surface area (TPSA) is 177 Å². The number of amides is 1. The minimum atomic E-state index is -3.87. The van der Waals surface area contributed by atoms with Crippen LogP contribution in [0.3, 0.4) is 0 Å². The number of benzene rings is 3. The van der Waals surface area contributed by atoms with Crippen LogP contribution < -0.4 is 25.4 Å². The van der Waals surface area contributed by atoms with Gasteiger partial charge in [0.15, 0.2) is 0 Å². The quantitative estimate of drug-likeness (QED) is 0.107. The number of aryl methyl sites for hydroxylation is 1. The molecule has 0 atom stereocenters. The molecule has 0 aliphatic rings. The van der Waals surface area contributed by atoms with Gasteiger partial charge in [-0.05, 0) is 55.5 Å². The molecule has 210 valence electrons. The number of nitrogens with one attached hydrogen (secondary N) is 4. The number of rotatable bonds is 11. The molecule has 0 bridgehead atoms. The maximum absolute atomic E-state index is 12.8. The molecule has 0 radical (unpaired) electrons. The van der Waals surface area contributed by atoms with E-state index < -0.39 is 20.9 Å². The largest absolute Gasteiger partial charge is 0.494 e. The first-order valence-corrected chi connectivity index (χ1v) is 13.4. The Labute approximate surface area is 235 Å². The molecule has 0 aliphatic heterocycles. The number of hydrogen-bond donors (Lipinski definition) is 4. The van der Waals surface area contributed by atoms with Crippen LogP contribution in [0.1, 0.15) is 5.56 Å². The number of nitro groups is 1. The molecule has 0 spiro atoms. The molecule has 0 saturated heterocycles. The van der Waals surface area contributed by atoms with Gasteiger partial charge in [-0.2, -0.15) is 4.98 Å². The fourth-order valence-corrected chi connectivity index (χ4v) is 4.64. The van der Waals surface area contributed by atoms with Gasteiger partial charge in [0.1, 0.15) is 11.9 Å². The summed E-state index contributed by atoms with van der Waals surface area (Å²) in [5.74, 6) is -0.284. The van der Waals surface area contributed by atoms with Crippen LogP contribution >= 0.6 is 0 Å². The zero-order valence-electron chi connectivity index (χ0n) is 21.9. The van der Waals surface area contributed by atoms with Crippen LogP contribution in [0, 0.1) is 17.0 Å². The summed E-state index contributed by atoms with van der Waals surface area (Å²) in [5.41, 5.74) is 2.04. The first kappa shape index (κ1) is 28.5. The maximum Gasteiger partial charge on any atom is 0.329 e. The van der Waals surface area contributed by atoms with Gasteiger partial charge in [0.2, 0.25) is 17.7 Å². The molecule has 0 unspecified atom stereocenters. The molecule has 1 heterocycles. The first-order chi connectivity index (χ1) is 19.6. The van der Waals surface area contributed by atoms with Crippen molar-refractivity contribution in [1.29, 1.82) is 0 Å². The van der Waals surface area contributed by atoms with E-state index in [-0.39, 0.29) is 33.8 Å². The van der Waals surface area contributed by atoms with Crippen LogP contribution in [-0.2, 0) is 14.8 Å². The molecule has 41 heavy (non-hydrogen) atoms. The molecule has 13 nitrogen and oxygen atoms in total. The monoisotopic (exact) mass is 575 g/mol. The highest BCUT2D eigenvalue weighted by atomic mass is 32.2. The third kappa shape index (κ3) is 7.13. The number of methoxy groups -OCH3 is 1. The van der Waals surface area contributed by atoms with Crippen LogP contribution in [0.5, 0.6) is 5.75 Å². The van der Waals surface area contributed by atoms with E-state index in [1.54, 1.807) is 42.5 Å². The average molecular weight is 576 g/mol. The molecule has 14 heteroatoms. The third-order valence-electron chi connectivity index (χ3n) is 5.58. The molecule has 1 aromatic heterocycles. The zero-order chi connectivity index (χ0) is 29.6. The highest BCUT2D eigenvalue weighted by Crippen LogP contribution is 2.32. The molecular weight excluding hydrogens is 550 g/mol. The molecule has 4 rings (SSSR count). The zero-order valence-corrected chi connectivity index (χ0v) is 22.7. The molecule has 4 aromatic rings. The lowest BCUT2D eigenvalue weighted by Crippen LogP contribution is -2.13. The van der Waals surface area contributed by atoms with Crippen LogP contribution in [0.15, 0.2) is 90.5 Å². The normalized spacial score (nSPS) is 10.8. The van der Waals surface area contributed by atoms with Gasteiger partial charge in [-0.1, -0.05) is 30.3 Å². The SMILES string of the molecule is C=CC(=O)Nc1cccc(Nc2nc(Nc3ccc(NS(=O)(=O)c4ccc(C)cc4)c(OC)c3)ncc2[N+](=O)[O-])c1. The van der Waals surface area contributed by atoms with Crippen molar-refractivity contribution >= 4 is 56.1 Å². The van der Waals surface area contributed by atoms with Crippen molar-refractivity contribution in [1.82, 2.24) is 9.97 Å². The lowest BCUT2D eigenvalue weighted by atomic mass is 10.2. The Bertz CT molecular complexity index is 1730. The summed E-state index contributed by atoms with van der Waals surface area (Å²) in [5, 5.41) is 20.0. The van der Waals surface area contributed by atoms with Crippen molar-refractivity contribution in [3.8, 4) is 5.75 Å². The highest BCUT2D eigenvalue weighted by molar-refractivity contribution is 7.92. The van der Waals surface area contributed by atoms with Gasteiger partial charge in [-0.15, -0.1) is 0 Å². The molecule has 4 N–H and O–H groups in total. The van der Waals surface area contributed by atoms with Crippen molar-refractivity contribution in [3.63, 3.8) is 0 Å². The molecular formula is C27H25N7O6S. The lowest BCUT2D eigenvalue weighted by Gasteiger charge is -2.14. The van der Waals surface area contributed by atoms with Gasteiger partial charge < -0.3 is 20.7 Å². The van der Waals surface area contributed by atoms with Crippen molar-refractivity contribution < 1.29 is 22.9 Å². The van der Waals surface area contributed by atoms with E-state index in [9.17, 15) is 23.3 Å². The molecule has 0 aliphatic carbocycles. The molecule has 1 amide bonds. The first-order valence-electron chi connectivity index (χ1n) is 11.9. The minimum Gasteiger partial charge on any atom is -0.494 e. The van der Waals surface area contributed by atoms with Crippen LogP contribution in [0.25, 0.3) is 0 Å². The van der Waals surface area contributed by atoms with E-state index >= 15 is 0 Å². The summed E-state index contributed by atoms with van der Waals surface area (Å²) in [6.07, 6.45) is 2.16. The van der Waals surface area contributed by atoms with Gasteiger partial charge >= 0.3 is 5.69 Å². The predicted octanol–water partition coefficient (Wildman–Crippen LogP) is 5.11. The van der Waals surface area contributed by atoms with E-state index in [0.29, 0.717) is 17.1 Å². The number of aromatic nitrogens is 2. The van der Waals surface area contributed by atoms with Crippen LogP contribution in [-0.4, -0.2) is 36.3 Å². The Kier molecular flexibility index (Phi) is 8.43. The molecule has 0 saturated carbocycles. The Morgan fingerprint density at radius 3 is 2.41 bits per heavy atom. The van der Waals surface area contributed by atoms with Crippen molar-refractivity contribution in [3.05, 3.63) is 101 Å². The smallest absolute Gasteiger partial charge is 0.329 e. The Balaban J connectivity index is 1.57. The van der Waals surface area contributed by atoms with Gasteiger partial charge in [0.25, 0.3) is 10.0 Å². The number of hydrogen-bond acceptors (Lipinski definition) is 10. The van der Waals surface area contributed by atoms with Crippen molar-refractivity contribution in [2.75, 3.05) is 27.8 Å². The number of nitrogens with zero attached hydrogens (tertiary/aromatic N) is 3. The maximum atomic E-state index is 12.8. The molecule has 0 fully saturated rings. The van der Waals surface area contributed by atoms with Gasteiger partial charge in [0, 0.05) is 23.1 Å². The van der Waals surface area contributed by atoms with Crippen LogP contribution in [0.2, 0.25) is 0 Å². The Morgan fingerprint density at radius 2 is 1.73 bits per heavy atom. The Morgan fingerprint density at radius 1 is 1.02 bits per heavy atom. The average Bonchev–Trinajstić information content (AvgIpc) is 2.94. The van der Waals surface area contributed by atoms with E-state index in [4.69, 9.17) is 4.74 Å². The third-order valence-corrected chi connectivity index (χ3v) is 6.96. The lowest BCUT2D eigenvalue weighted by molar-refractivity contribution is -0.384. The summed E-state index contributed by atoms with van der Waals surface area (Å²) in [4.78, 5) is 31.0. The summed E-state index contributed by atoms with van der Waals surface area (Å²) in [7, 11) is -2.48. The Hall–Kier alpha value is -5.50.